The molecule has 4 aliphatic carbocycles. The van der Waals surface area contributed by atoms with Crippen LogP contribution in [-0.4, -0.2) is 37.2 Å². The molecule has 4 fully saturated rings. The fraction of sp³-hybridized carbons (Fsp3) is 0.897. The third-order valence-electron chi connectivity index (χ3n) is 11.1. The molecule has 35 heavy (non-hydrogen) atoms. The van der Waals surface area contributed by atoms with E-state index in [0.29, 0.717) is 41.9 Å². The minimum Gasteiger partial charge on any atom is -0.469 e. The van der Waals surface area contributed by atoms with Crippen molar-refractivity contribution in [3.05, 3.63) is 0 Å². The summed E-state index contributed by atoms with van der Waals surface area (Å²) >= 11 is 0. The third kappa shape index (κ3) is 4.75. The van der Waals surface area contributed by atoms with Crippen molar-refractivity contribution in [3.8, 4) is 0 Å². The maximum atomic E-state index is 12.3. The van der Waals surface area contributed by atoms with Crippen molar-refractivity contribution in [2.45, 2.75) is 111 Å². The zero-order valence-electron chi connectivity index (χ0n) is 22.6. The first kappa shape index (κ1) is 26.5. The standard InChI is InChI=1S/C29H46O6/c1-17(7-12-27(32)33-6)23-10-11-24-22-9-8-20-15-21(34-18(2)30)13-14-28(20,4)25(22)16-26(29(23,24)5)35-19(3)31/h17,20-26H,7-16H2,1-6H3/t17-,20+,21+,22-,23+,24+,25+,26-,28-,29+/m0/s1. The summed E-state index contributed by atoms with van der Waals surface area (Å²) in [6.07, 6.45) is 9.87. The summed E-state index contributed by atoms with van der Waals surface area (Å²) in [6.45, 7) is 10.2. The van der Waals surface area contributed by atoms with Gasteiger partial charge in [0, 0.05) is 25.7 Å². The highest BCUT2D eigenvalue weighted by molar-refractivity contribution is 5.69. The molecule has 0 aromatic rings. The Balaban J connectivity index is 1.58. The fourth-order valence-corrected chi connectivity index (χ4v) is 9.48. The molecule has 0 aliphatic heterocycles. The monoisotopic (exact) mass is 490 g/mol. The van der Waals surface area contributed by atoms with Gasteiger partial charge in [0.1, 0.15) is 12.2 Å². The third-order valence-corrected chi connectivity index (χ3v) is 11.1. The van der Waals surface area contributed by atoms with Crippen LogP contribution in [0.25, 0.3) is 0 Å². The second kappa shape index (κ2) is 10.0. The Bertz CT molecular complexity index is 824. The molecule has 0 saturated heterocycles. The van der Waals surface area contributed by atoms with Gasteiger partial charge >= 0.3 is 17.9 Å². The Hall–Kier alpha value is -1.59. The molecular formula is C29H46O6. The molecule has 0 bridgehead atoms. The van der Waals surface area contributed by atoms with Gasteiger partial charge in [0.05, 0.1) is 7.11 Å². The Labute approximate surface area is 211 Å². The maximum absolute atomic E-state index is 12.3. The van der Waals surface area contributed by atoms with Gasteiger partial charge in [0.25, 0.3) is 0 Å². The molecule has 4 rings (SSSR count). The summed E-state index contributed by atoms with van der Waals surface area (Å²) in [5, 5.41) is 0. The van der Waals surface area contributed by atoms with Gasteiger partial charge in [-0.25, -0.2) is 0 Å². The highest BCUT2D eigenvalue weighted by Gasteiger charge is 2.65. The van der Waals surface area contributed by atoms with Gasteiger partial charge in [0.15, 0.2) is 0 Å². The van der Waals surface area contributed by atoms with Crippen LogP contribution in [0.15, 0.2) is 0 Å². The van der Waals surface area contributed by atoms with Crippen molar-refractivity contribution in [2.24, 2.45) is 46.3 Å². The Morgan fingerprint density at radius 3 is 2.29 bits per heavy atom. The van der Waals surface area contributed by atoms with E-state index in [1.54, 1.807) is 6.92 Å². The van der Waals surface area contributed by atoms with Crippen LogP contribution in [-0.2, 0) is 28.6 Å². The van der Waals surface area contributed by atoms with E-state index in [1.807, 2.05) is 0 Å². The summed E-state index contributed by atoms with van der Waals surface area (Å²) in [5.74, 6) is 2.60. The summed E-state index contributed by atoms with van der Waals surface area (Å²) in [7, 11) is 1.45. The molecule has 0 spiro atoms. The van der Waals surface area contributed by atoms with E-state index in [1.165, 1.54) is 33.3 Å². The molecule has 0 amide bonds. The lowest BCUT2D eigenvalue weighted by molar-refractivity contribution is -0.197. The summed E-state index contributed by atoms with van der Waals surface area (Å²) in [5.41, 5.74) is 0.147. The lowest BCUT2D eigenvalue weighted by atomic mass is 9.43. The molecule has 4 aliphatic rings. The molecule has 4 saturated carbocycles. The van der Waals surface area contributed by atoms with Gasteiger partial charge in [-0.1, -0.05) is 20.8 Å². The van der Waals surface area contributed by atoms with Crippen LogP contribution in [0.2, 0.25) is 0 Å². The highest BCUT2D eigenvalue weighted by Crippen LogP contribution is 2.69. The second-order valence-corrected chi connectivity index (χ2v) is 12.6. The van der Waals surface area contributed by atoms with E-state index in [0.717, 1.165) is 38.5 Å². The van der Waals surface area contributed by atoms with E-state index >= 15 is 0 Å². The van der Waals surface area contributed by atoms with Crippen molar-refractivity contribution in [3.63, 3.8) is 0 Å². The molecule has 0 heterocycles. The zero-order chi connectivity index (χ0) is 25.5. The van der Waals surface area contributed by atoms with Crippen LogP contribution in [0.5, 0.6) is 0 Å². The largest absolute Gasteiger partial charge is 0.469 e. The van der Waals surface area contributed by atoms with E-state index in [2.05, 4.69) is 20.8 Å². The molecule has 6 nitrogen and oxygen atoms in total. The second-order valence-electron chi connectivity index (χ2n) is 12.6. The molecule has 0 radical (unpaired) electrons. The minimum atomic E-state index is -0.183. The van der Waals surface area contributed by atoms with Gasteiger partial charge in [-0.3, -0.25) is 14.4 Å². The molecule has 0 aromatic heterocycles. The van der Waals surface area contributed by atoms with Gasteiger partial charge in [-0.2, -0.15) is 0 Å². The number of ether oxygens (including phenoxy) is 3. The fourth-order valence-electron chi connectivity index (χ4n) is 9.48. The van der Waals surface area contributed by atoms with Gasteiger partial charge < -0.3 is 14.2 Å². The SMILES string of the molecule is COC(=O)CC[C@H](C)[C@H]1CC[C@@H]2[C@@H]3CC[C@@H]4C[C@H](OC(C)=O)CC[C@]4(C)[C@@H]3C[C@H](OC(C)=O)[C@@]21C. The van der Waals surface area contributed by atoms with Crippen LogP contribution in [0.4, 0.5) is 0 Å². The first-order valence-electron chi connectivity index (χ1n) is 13.9. The van der Waals surface area contributed by atoms with Crippen LogP contribution >= 0.6 is 0 Å². The van der Waals surface area contributed by atoms with Crippen molar-refractivity contribution in [2.75, 3.05) is 7.11 Å². The van der Waals surface area contributed by atoms with Crippen LogP contribution in [0.1, 0.15) is 98.8 Å². The number of carbonyl (C=O) groups excluding carboxylic acids is 3. The topological polar surface area (TPSA) is 78.9 Å². The number of fused-ring (bicyclic) bond motifs is 5. The molecule has 0 unspecified atom stereocenters. The lowest BCUT2D eigenvalue weighted by Gasteiger charge is -2.62. The van der Waals surface area contributed by atoms with Crippen molar-refractivity contribution in [1.82, 2.24) is 0 Å². The maximum Gasteiger partial charge on any atom is 0.305 e. The number of esters is 3. The average Bonchev–Trinajstić information content (AvgIpc) is 3.16. The van der Waals surface area contributed by atoms with E-state index in [-0.39, 0.29) is 40.9 Å². The Morgan fingerprint density at radius 2 is 1.63 bits per heavy atom. The molecule has 198 valence electrons. The van der Waals surface area contributed by atoms with Crippen molar-refractivity contribution >= 4 is 17.9 Å². The average molecular weight is 491 g/mol. The number of hydrogen-bond acceptors (Lipinski definition) is 6. The first-order chi connectivity index (χ1) is 16.5. The predicted octanol–water partition coefficient (Wildman–Crippen LogP) is 5.71. The van der Waals surface area contributed by atoms with Crippen molar-refractivity contribution in [1.29, 1.82) is 0 Å². The number of hydrogen-bond donors (Lipinski definition) is 0. The highest BCUT2D eigenvalue weighted by atomic mass is 16.5. The van der Waals surface area contributed by atoms with E-state index < -0.39 is 0 Å². The number of methoxy groups -OCH3 is 1. The van der Waals surface area contributed by atoms with E-state index in [9.17, 15) is 14.4 Å². The summed E-state index contributed by atoms with van der Waals surface area (Å²) in [4.78, 5) is 35.7. The minimum absolute atomic E-state index is 0.0479. The molecule has 0 aromatic carbocycles. The van der Waals surface area contributed by atoms with Crippen molar-refractivity contribution < 1.29 is 28.6 Å². The quantitative estimate of drug-likeness (QED) is 0.351. The predicted molar refractivity (Wildman–Crippen MR) is 132 cm³/mol. The Kier molecular flexibility index (Phi) is 7.60. The number of rotatable bonds is 6. The first-order valence-corrected chi connectivity index (χ1v) is 13.9. The van der Waals surface area contributed by atoms with Crippen LogP contribution in [0, 0.1) is 46.3 Å². The molecule has 0 N–H and O–H groups in total. The van der Waals surface area contributed by atoms with Gasteiger partial charge in [-0.15, -0.1) is 0 Å². The van der Waals surface area contributed by atoms with Crippen LogP contribution in [0.3, 0.4) is 0 Å². The number of carbonyl (C=O) groups is 3. The van der Waals surface area contributed by atoms with Gasteiger partial charge in [0.2, 0.25) is 0 Å². The Morgan fingerprint density at radius 1 is 0.914 bits per heavy atom. The smallest absolute Gasteiger partial charge is 0.305 e. The summed E-state index contributed by atoms with van der Waals surface area (Å²) < 4.78 is 16.7. The van der Waals surface area contributed by atoms with Crippen LogP contribution < -0.4 is 0 Å². The summed E-state index contributed by atoms with van der Waals surface area (Å²) in [6, 6.07) is 0. The van der Waals surface area contributed by atoms with Gasteiger partial charge in [-0.05, 0) is 98.7 Å². The normalized spacial score (nSPS) is 43.2. The molecule has 6 heteroatoms. The molecular weight excluding hydrogens is 444 g/mol. The van der Waals surface area contributed by atoms with E-state index in [4.69, 9.17) is 14.2 Å². The zero-order valence-corrected chi connectivity index (χ0v) is 22.6. The molecule has 10 atom stereocenters. The lowest BCUT2D eigenvalue weighted by Crippen LogP contribution is -2.59.